The summed E-state index contributed by atoms with van der Waals surface area (Å²) in [5.74, 6) is 1.62. The van der Waals surface area contributed by atoms with Gasteiger partial charge in [0.2, 0.25) is 0 Å². The van der Waals surface area contributed by atoms with Crippen molar-refractivity contribution in [3.63, 3.8) is 0 Å². The first-order valence-corrected chi connectivity index (χ1v) is 7.13. The number of nitrogens with zero attached hydrogens (tertiary/aromatic N) is 2. The number of benzene rings is 1. The summed E-state index contributed by atoms with van der Waals surface area (Å²) >= 11 is 1.60. The quantitative estimate of drug-likeness (QED) is 0.754. The molecular formula is C14H14N4OS. The van der Waals surface area contributed by atoms with Crippen molar-refractivity contribution < 1.29 is 4.74 Å². The van der Waals surface area contributed by atoms with E-state index in [4.69, 9.17) is 10.5 Å². The summed E-state index contributed by atoms with van der Waals surface area (Å²) in [5.41, 5.74) is 6.36. The Morgan fingerprint density at radius 2 is 2.00 bits per heavy atom. The van der Waals surface area contributed by atoms with Crippen molar-refractivity contribution in [3.8, 4) is 5.75 Å². The van der Waals surface area contributed by atoms with E-state index in [9.17, 15) is 0 Å². The van der Waals surface area contributed by atoms with Crippen LogP contribution in [0.2, 0.25) is 0 Å². The van der Waals surface area contributed by atoms with E-state index < -0.39 is 0 Å². The minimum Gasteiger partial charge on any atom is -0.492 e. The van der Waals surface area contributed by atoms with Gasteiger partial charge in [0.15, 0.2) is 0 Å². The molecule has 2 heterocycles. The molecule has 3 aromatic rings. The lowest BCUT2D eigenvalue weighted by molar-refractivity contribution is 0.328. The molecular weight excluding hydrogens is 272 g/mol. The largest absolute Gasteiger partial charge is 0.492 e. The maximum atomic E-state index is 5.44. The number of hydrogen-bond acceptors (Lipinski definition) is 6. The van der Waals surface area contributed by atoms with Crippen molar-refractivity contribution >= 4 is 33.1 Å². The zero-order valence-electron chi connectivity index (χ0n) is 10.7. The Labute approximate surface area is 120 Å². The summed E-state index contributed by atoms with van der Waals surface area (Å²) < 4.78 is 5.44. The standard InChI is InChI=1S/C14H14N4OS/c15-6-7-19-11-3-1-10(2-4-11)18-13-12-5-8-20-14(12)17-9-16-13/h1-5,8-9H,6-7,15H2,(H,16,17,18). The normalized spacial score (nSPS) is 10.7. The average Bonchev–Trinajstić information content (AvgIpc) is 2.96. The third kappa shape index (κ3) is 2.71. The summed E-state index contributed by atoms with van der Waals surface area (Å²) in [6.07, 6.45) is 1.57. The van der Waals surface area contributed by atoms with Crippen molar-refractivity contribution in [3.05, 3.63) is 42.0 Å². The molecule has 102 valence electrons. The molecule has 3 rings (SSSR count). The van der Waals surface area contributed by atoms with Gasteiger partial charge in [-0.25, -0.2) is 9.97 Å². The molecule has 0 aliphatic heterocycles. The predicted octanol–water partition coefficient (Wildman–Crippen LogP) is 2.77. The molecule has 0 saturated heterocycles. The number of ether oxygens (including phenoxy) is 1. The zero-order valence-corrected chi connectivity index (χ0v) is 11.6. The number of nitrogens with two attached hydrogens (primary N) is 1. The van der Waals surface area contributed by atoms with E-state index in [2.05, 4.69) is 15.3 Å². The summed E-state index contributed by atoms with van der Waals surface area (Å²) in [4.78, 5) is 9.49. The molecule has 0 spiro atoms. The Bertz CT molecular complexity index is 696. The molecule has 0 saturated carbocycles. The second kappa shape index (κ2) is 5.85. The van der Waals surface area contributed by atoms with Crippen LogP contribution in [0.15, 0.2) is 42.0 Å². The molecule has 0 bridgehead atoms. The van der Waals surface area contributed by atoms with Gasteiger partial charge in [0.05, 0.1) is 5.39 Å². The van der Waals surface area contributed by atoms with Crippen LogP contribution in [0.5, 0.6) is 5.75 Å². The van der Waals surface area contributed by atoms with E-state index in [1.165, 1.54) is 0 Å². The maximum Gasteiger partial charge on any atom is 0.142 e. The number of rotatable bonds is 5. The molecule has 1 aromatic carbocycles. The molecule has 20 heavy (non-hydrogen) atoms. The molecule has 0 atom stereocenters. The highest BCUT2D eigenvalue weighted by Gasteiger charge is 2.04. The Morgan fingerprint density at radius 1 is 1.15 bits per heavy atom. The molecule has 0 amide bonds. The molecule has 0 radical (unpaired) electrons. The van der Waals surface area contributed by atoms with E-state index in [1.54, 1.807) is 17.7 Å². The van der Waals surface area contributed by atoms with Gasteiger partial charge in [-0.15, -0.1) is 11.3 Å². The third-order valence-electron chi connectivity index (χ3n) is 2.77. The van der Waals surface area contributed by atoms with Crippen LogP contribution in [0.4, 0.5) is 11.5 Å². The van der Waals surface area contributed by atoms with Gasteiger partial charge in [-0.2, -0.15) is 0 Å². The number of thiophene rings is 1. The van der Waals surface area contributed by atoms with Gasteiger partial charge in [0.1, 0.15) is 29.3 Å². The highest BCUT2D eigenvalue weighted by Crippen LogP contribution is 2.27. The Balaban J connectivity index is 1.79. The van der Waals surface area contributed by atoms with Crippen molar-refractivity contribution in [2.24, 2.45) is 5.73 Å². The molecule has 6 heteroatoms. The lowest BCUT2D eigenvalue weighted by Crippen LogP contribution is -2.10. The van der Waals surface area contributed by atoms with Crippen LogP contribution >= 0.6 is 11.3 Å². The van der Waals surface area contributed by atoms with Gasteiger partial charge in [0, 0.05) is 12.2 Å². The monoisotopic (exact) mass is 286 g/mol. The van der Waals surface area contributed by atoms with Crippen LogP contribution < -0.4 is 15.8 Å². The van der Waals surface area contributed by atoms with Crippen LogP contribution in [0.25, 0.3) is 10.2 Å². The third-order valence-corrected chi connectivity index (χ3v) is 3.59. The van der Waals surface area contributed by atoms with Crippen LogP contribution in [-0.4, -0.2) is 23.1 Å². The SMILES string of the molecule is NCCOc1ccc(Nc2ncnc3sccc23)cc1. The van der Waals surface area contributed by atoms with Crippen LogP contribution in [0.3, 0.4) is 0 Å². The fourth-order valence-corrected chi connectivity index (χ4v) is 2.57. The minimum atomic E-state index is 0.511. The van der Waals surface area contributed by atoms with Crippen molar-refractivity contribution in [2.75, 3.05) is 18.5 Å². The molecule has 3 N–H and O–H groups in total. The van der Waals surface area contributed by atoms with Crippen LogP contribution in [0, 0.1) is 0 Å². The predicted molar refractivity (Wildman–Crippen MR) is 81.7 cm³/mol. The number of fused-ring (bicyclic) bond motifs is 1. The molecule has 0 fully saturated rings. The van der Waals surface area contributed by atoms with E-state index in [1.807, 2.05) is 35.7 Å². The second-order valence-corrected chi connectivity index (χ2v) is 5.04. The summed E-state index contributed by atoms with van der Waals surface area (Å²) in [6, 6.07) is 9.73. The van der Waals surface area contributed by atoms with Crippen molar-refractivity contribution in [1.29, 1.82) is 0 Å². The van der Waals surface area contributed by atoms with Gasteiger partial charge in [-0.3, -0.25) is 0 Å². The van der Waals surface area contributed by atoms with Gasteiger partial charge in [-0.05, 0) is 35.7 Å². The van der Waals surface area contributed by atoms with Crippen molar-refractivity contribution in [1.82, 2.24) is 9.97 Å². The minimum absolute atomic E-state index is 0.511. The van der Waals surface area contributed by atoms with Gasteiger partial charge in [-0.1, -0.05) is 0 Å². The number of anilines is 2. The van der Waals surface area contributed by atoms with Crippen LogP contribution in [-0.2, 0) is 0 Å². The Hall–Kier alpha value is -2.18. The topological polar surface area (TPSA) is 73.1 Å². The molecule has 5 nitrogen and oxygen atoms in total. The first-order valence-electron chi connectivity index (χ1n) is 6.25. The second-order valence-electron chi connectivity index (χ2n) is 4.15. The molecule has 0 unspecified atom stereocenters. The Morgan fingerprint density at radius 3 is 2.80 bits per heavy atom. The van der Waals surface area contributed by atoms with Crippen molar-refractivity contribution in [2.45, 2.75) is 0 Å². The lowest BCUT2D eigenvalue weighted by atomic mass is 10.3. The summed E-state index contributed by atoms with van der Waals surface area (Å²) in [7, 11) is 0. The molecule has 0 aliphatic rings. The highest BCUT2D eigenvalue weighted by atomic mass is 32.1. The summed E-state index contributed by atoms with van der Waals surface area (Å²) in [6.45, 7) is 1.03. The number of nitrogens with one attached hydrogen (secondary N) is 1. The molecule has 0 aliphatic carbocycles. The molecule has 2 aromatic heterocycles. The number of hydrogen-bond donors (Lipinski definition) is 2. The highest BCUT2D eigenvalue weighted by molar-refractivity contribution is 7.16. The first-order chi connectivity index (χ1) is 9.86. The first kappa shape index (κ1) is 12.8. The fourth-order valence-electron chi connectivity index (χ4n) is 1.84. The van der Waals surface area contributed by atoms with E-state index in [-0.39, 0.29) is 0 Å². The van der Waals surface area contributed by atoms with E-state index >= 15 is 0 Å². The zero-order chi connectivity index (χ0) is 13.8. The van der Waals surface area contributed by atoms with E-state index in [0.29, 0.717) is 13.2 Å². The van der Waals surface area contributed by atoms with E-state index in [0.717, 1.165) is 27.5 Å². The summed E-state index contributed by atoms with van der Waals surface area (Å²) in [5, 5.41) is 6.33. The fraction of sp³-hybridized carbons (Fsp3) is 0.143. The van der Waals surface area contributed by atoms with Gasteiger partial charge in [0.25, 0.3) is 0 Å². The average molecular weight is 286 g/mol. The van der Waals surface area contributed by atoms with Gasteiger partial charge >= 0.3 is 0 Å². The lowest BCUT2D eigenvalue weighted by Gasteiger charge is -2.08. The Kier molecular flexibility index (Phi) is 3.76. The smallest absolute Gasteiger partial charge is 0.142 e. The number of aromatic nitrogens is 2. The van der Waals surface area contributed by atoms with Gasteiger partial charge < -0.3 is 15.8 Å². The maximum absolute atomic E-state index is 5.44. The van der Waals surface area contributed by atoms with Crippen LogP contribution in [0.1, 0.15) is 0 Å².